The van der Waals surface area contributed by atoms with Gasteiger partial charge in [0.05, 0.1) is 9.82 Å². The summed E-state index contributed by atoms with van der Waals surface area (Å²) in [5.41, 5.74) is -0.222. The quantitative estimate of drug-likeness (QED) is 0.654. The zero-order valence-electron chi connectivity index (χ0n) is 11.9. The van der Waals surface area contributed by atoms with Crippen LogP contribution in [0.1, 0.15) is 19.3 Å². The van der Waals surface area contributed by atoms with Crippen LogP contribution in [-0.4, -0.2) is 43.8 Å². The van der Waals surface area contributed by atoms with Crippen LogP contribution < -0.4 is 5.32 Å². The van der Waals surface area contributed by atoms with E-state index in [1.54, 1.807) is 0 Å². The summed E-state index contributed by atoms with van der Waals surface area (Å²) < 4.78 is 26.2. The smallest absolute Gasteiger partial charge is 0.270 e. The summed E-state index contributed by atoms with van der Waals surface area (Å²) in [5.74, 6) is 0. The fraction of sp³-hybridized carbons (Fsp3) is 0.538. The van der Waals surface area contributed by atoms with E-state index in [0.717, 1.165) is 31.9 Å². The van der Waals surface area contributed by atoms with E-state index in [-0.39, 0.29) is 16.6 Å². The summed E-state index contributed by atoms with van der Waals surface area (Å²) >= 11 is 0. The predicted molar refractivity (Wildman–Crippen MR) is 78.6 cm³/mol. The lowest BCUT2D eigenvalue weighted by Gasteiger charge is -2.27. The SMILES string of the molecule is CN(CC1CCCCN1)S(=O)(=O)c1cccc([N+](=O)[O-])c1. The van der Waals surface area contributed by atoms with Gasteiger partial charge in [-0.25, -0.2) is 8.42 Å². The van der Waals surface area contributed by atoms with Crippen LogP contribution in [0.15, 0.2) is 29.2 Å². The Balaban J connectivity index is 2.16. The Morgan fingerprint density at radius 3 is 2.81 bits per heavy atom. The van der Waals surface area contributed by atoms with Crippen LogP contribution in [0.3, 0.4) is 0 Å². The molecule has 0 aromatic heterocycles. The molecule has 1 saturated heterocycles. The van der Waals surface area contributed by atoms with Crippen LogP contribution in [0.25, 0.3) is 0 Å². The van der Waals surface area contributed by atoms with Gasteiger partial charge in [-0.15, -0.1) is 0 Å². The number of non-ortho nitro benzene ring substituents is 1. The van der Waals surface area contributed by atoms with E-state index in [9.17, 15) is 18.5 Å². The molecule has 1 N–H and O–H groups in total. The molecular formula is C13H19N3O4S. The van der Waals surface area contributed by atoms with Crippen molar-refractivity contribution >= 4 is 15.7 Å². The third-order valence-corrected chi connectivity index (χ3v) is 5.45. The van der Waals surface area contributed by atoms with Crippen molar-refractivity contribution in [2.45, 2.75) is 30.2 Å². The molecule has 0 radical (unpaired) electrons. The highest BCUT2D eigenvalue weighted by Crippen LogP contribution is 2.21. The van der Waals surface area contributed by atoms with Crippen molar-refractivity contribution in [3.05, 3.63) is 34.4 Å². The number of nitro groups is 1. The summed E-state index contributed by atoms with van der Waals surface area (Å²) in [7, 11) is -2.20. The Hall–Kier alpha value is -1.51. The van der Waals surface area contributed by atoms with E-state index in [1.165, 1.54) is 29.6 Å². The molecule has 1 fully saturated rings. The second kappa shape index (κ2) is 6.50. The Kier molecular flexibility index (Phi) is 4.92. The van der Waals surface area contributed by atoms with Crippen molar-refractivity contribution < 1.29 is 13.3 Å². The molecule has 1 aliphatic heterocycles. The monoisotopic (exact) mass is 313 g/mol. The van der Waals surface area contributed by atoms with Crippen molar-refractivity contribution in [1.29, 1.82) is 0 Å². The van der Waals surface area contributed by atoms with E-state index in [1.807, 2.05) is 0 Å². The van der Waals surface area contributed by atoms with Crippen LogP contribution in [0, 0.1) is 10.1 Å². The molecule has 116 valence electrons. The molecule has 1 aromatic rings. The topological polar surface area (TPSA) is 92.6 Å². The molecule has 0 spiro atoms. The predicted octanol–water partition coefficient (Wildman–Crippen LogP) is 1.36. The Morgan fingerprint density at radius 2 is 2.19 bits per heavy atom. The molecule has 0 saturated carbocycles. The lowest BCUT2D eigenvalue weighted by Crippen LogP contribution is -2.44. The van der Waals surface area contributed by atoms with Gasteiger partial charge in [0.25, 0.3) is 5.69 Å². The first-order valence-electron chi connectivity index (χ1n) is 6.85. The van der Waals surface area contributed by atoms with Crippen LogP contribution in [0.5, 0.6) is 0 Å². The zero-order chi connectivity index (χ0) is 15.5. The number of nitrogens with one attached hydrogen (secondary N) is 1. The van der Waals surface area contributed by atoms with Crippen molar-refractivity contribution in [1.82, 2.24) is 9.62 Å². The van der Waals surface area contributed by atoms with Gasteiger partial charge in [0.2, 0.25) is 10.0 Å². The third kappa shape index (κ3) is 3.78. The maximum absolute atomic E-state index is 12.5. The van der Waals surface area contributed by atoms with Gasteiger partial charge < -0.3 is 5.32 Å². The highest BCUT2D eigenvalue weighted by molar-refractivity contribution is 7.89. The van der Waals surface area contributed by atoms with Crippen LogP contribution >= 0.6 is 0 Å². The van der Waals surface area contributed by atoms with Gasteiger partial charge in [0, 0.05) is 31.8 Å². The molecule has 1 aromatic carbocycles. The average molecular weight is 313 g/mol. The number of sulfonamides is 1. The first kappa shape index (κ1) is 15.9. The molecule has 1 heterocycles. The summed E-state index contributed by atoms with van der Waals surface area (Å²) in [5, 5.41) is 14.0. The number of nitrogens with zero attached hydrogens (tertiary/aromatic N) is 2. The second-order valence-corrected chi connectivity index (χ2v) is 7.23. The van der Waals surface area contributed by atoms with Gasteiger partial charge in [-0.05, 0) is 25.5 Å². The number of benzene rings is 1. The minimum atomic E-state index is -3.71. The van der Waals surface area contributed by atoms with Crippen molar-refractivity contribution in [3.8, 4) is 0 Å². The molecule has 2 rings (SSSR count). The van der Waals surface area contributed by atoms with Gasteiger partial charge in [0.15, 0.2) is 0 Å². The average Bonchev–Trinajstić information content (AvgIpc) is 2.48. The number of hydrogen-bond acceptors (Lipinski definition) is 5. The van der Waals surface area contributed by atoms with Crippen LogP contribution in [-0.2, 0) is 10.0 Å². The molecular weight excluding hydrogens is 294 g/mol. The van der Waals surface area contributed by atoms with E-state index >= 15 is 0 Å². The number of rotatable bonds is 5. The van der Waals surface area contributed by atoms with Crippen molar-refractivity contribution in [2.75, 3.05) is 20.1 Å². The Bertz CT molecular complexity index is 612. The van der Waals surface area contributed by atoms with Gasteiger partial charge in [-0.1, -0.05) is 12.5 Å². The first-order valence-corrected chi connectivity index (χ1v) is 8.29. The number of piperidine rings is 1. The molecule has 8 heteroatoms. The highest BCUT2D eigenvalue weighted by Gasteiger charge is 2.25. The van der Waals surface area contributed by atoms with Crippen molar-refractivity contribution in [3.63, 3.8) is 0 Å². The van der Waals surface area contributed by atoms with E-state index in [4.69, 9.17) is 0 Å². The highest BCUT2D eigenvalue weighted by atomic mass is 32.2. The number of likely N-dealkylation sites (N-methyl/N-ethyl adjacent to an activating group) is 1. The Labute approximate surface area is 124 Å². The first-order chi connectivity index (χ1) is 9.91. The third-order valence-electron chi connectivity index (χ3n) is 3.63. The lowest BCUT2D eigenvalue weighted by molar-refractivity contribution is -0.385. The molecule has 0 aliphatic carbocycles. The minimum absolute atomic E-state index is 0.0463. The van der Waals surface area contributed by atoms with Gasteiger partial charge in [-0.2, -0.15) is 4.31 Å². The van der Waals surface area contributed by atoms with E-state index in [0.29, 0.717) is 6.54 Å². The molecule has 0 bridgehead atoms. The van der Waals surface area contributed by atoms with Gasteiger partial charge >= 0.3 is 0 Å². The second-order valence-electron chi connectivity index (χ2n) is 5.19. The summed E-state index contributed by atoms with van der Waals surface area (Å²) in [6.45, 7) is 1.26. The Morgan fingerprint density at radius 1 is 1.43 bits per heavy atom. The normalized spacial score (nSPS) is 19.6. The largest absolute Gasteiger partial charge is 0.313 e. The fourth-order valence-corrected chi connectivity index (χ4v) is 3.68. The summed E-state index contributed by atoms with van der Waals surface area (Å²) in [6, 6.07) is 5.28. The van der Waals surface area contributed by atoms with Gasteiger partial charge in [0.1, 0.15) is 0 Å². The van der Waals surface area contributed by atoms with E-state index < -0.39 is 14.9 Å². The van der Waals surface area contributed by atoms with Crippen LogP contribution in [0.2, 0.25) is 0 Å². The zero-order valence-corrected chi connectivity index (χ0v) is 12.7. The maximum Gasteiger partial charge on any atom is 0.270 e. The van der Waals surface area contributed by atoms with Crippen LogP contribution in [0.4, 0.5) is 5.69 Å². The van der Waals surface area contributed by atoms with E-state index in [2.05, 4.69) is 5.32 Å². The molecule has 1 aliphatic rings. The van der Waals surface area contributed by atoms with Crippen molar-refractivity contribution in [2.24, 2.45) is 0 Å². The summed E-state index contributed by atoms with van der Waals surface area (Å²) in [4.78, 5) is 10.1. The molecule has 1 unspecified atom stereocenters. The summed E-state index contributed by atoms with van der Waals surface area (Å²) in [6.07, 6.45) is 3.13. The minimum Gasteiger partial charge on any atom is -0.313 e. The molecule has 7 nitrogen and oxygen atoms in total. The molecule has 1 atom stereocenters. The number of hydrogen-bond donors (Lipinski definition) is 1. The molecule has 21 heavy (non-hydrogen) atoms. The maximum atomic E-state index is 12.5. The molecule has 0 amide bonds. The standard InChI is InChI=1S/C13H19N3O4S/c1-15(10-11-5-2-3-8-14-11)21(19,20)13-7-4-6-12(9-13)16(17)18/h4,6-7,9,11,14H,2-3,5,8,10H2,1H3. The lowest BCUT2D eigenvalue weighted by atomic mass is 10.1. The number of nitro benzene ring substituents is 1. The fourth-order valence-electron chi connectivity index (χ4n) is 2.43. The van der Waals surface area contributed by atoms with Gasteiger partial charge in [-0.3, -0.25) is 10.1 Å².